The van der Waals surface area contributed by atoms with Gasteiger partial charge in [0.25, 0.3) is 5.24 Å². The van der Waals surface area contributed by atoms with Gasteiger partial charge in [0.1, 0.15) is 5.44 Å². The van der Waals surface area contributed by atoms with Crippen LogP contribution < -0.4 is 15.5 Å². The lowest BCUT2D eigenvalue weighted by molar-refractivity contribution is 0.175. The van der Waals surface area contributed by atoms with Crippen molar-refractivity contribution in [2.24, 2.45) is 0 Å². The summed E-state index contributed by atoms with van der Waals surface area (Å²) in [5.74, 6) is 0. The fraction of sp³-hybridized carbons (Fsp3) is 0.409. The molecule has 0 spiro atoms. The Hall–Kier alpha value is -2.02. The summed E-state index contributed by atoms with van der Waals surface area (Å²) in [6.45, 7) is 1.81. The van der Waals surface area contributed by atoms with E-state index in [9.17, 15) is 4.79 Å². The molecule has 1 fully saturated rings. The van der Waals surface area contributed by atoms with Crippen molar-refractivity contribution >= 4 is 28.4 Å². The van der Waals surface area contributed by atoms with Gasteiger partial charge in [0.2, 0.25) is 0 Å². The average Bonchev–Trinajstić information content (AvgIpc) is 2.75. The van der Waals surface area contributed by atoms with Crippen LogP contribution in [0.3, 0.4) is 0 Å². The molecule has 2 aromatic carbocycles. The number of carbonyl (C=O) groups excluding carboxylic acids is 1. The summed E-state index contributed by atoms with van der Waals surface area (Å²) in [6, 6.07) is 15.4. The van der Waals surface area contributed by atoms with Gasteiger partial charge in [-0.2, -0.15) is 0 Å². The van der Waals surface area contributed by atoms with E-state index in [2.05, 4.69) is 53.1 Å². The summed E-state index contributed by atoms with van der Waals surface area (Å²) in [5.41, 5.74) is 5.35. The Morgan fingerprint density at radius 3 is 2.93 bits per heavy atom. The lowest BCUT2D eigenvalue weighted by atomic mass is 9.97. The van der Waals surface area contributed by atoms with Gasteiger partial charge in [0.15, 0.2) is 0 Å². The molecule has 148 valence electrons. The zero-order valence-corrected chi connectivity index (χ0v) is 17.2. The van der Waals surface area contributed by atoms with Gasteiger partial charge in [-0.15, -0.1) is 0 Å². The molecule has 2 heterocycles. The predicted octanol–water partition coefficient (Wildman–Crippen LogP) is 5.06. The van der Waals surface area contributed by atoms with Gasteiger partial charge in [-0.3, -0.25) is 4.79 Å². The lowest BCUT2D eigenvalue weighted by Crippen LogP contribution is -2.29. The van der Waals surface area contributed by atoms with Crippen LogP contribution in [0.4, 0.5) is 16.2 Å². The molecule has 2 aliphatic rings. The van der Waals surface area contributed by atoms with Crippen LogP contribution in [-0.4, -0.2) is 25.9 Å². The summed E-state index contributed by atoms with van der Waals surface area (Å²) in [7, 11) is 3.46. The zero-order valence-electron chi connectivity index (χ0n) is 16.4. The molecule has 28 heavy (non-hydrogen) atoms. The molecule has 6 heteroatoms. The molecule has 1 unspecified atom stereocenters. The molecule has 2 aromatic rings. The molecule has 0 aromatic heterocycles. The third-order valence-corrected chi connectivity index (χ3v) is 6.64. The number of methoxy groups -OCH3 is 1. The van der Waals surface area contributed by atoms with Crippen molar-refractivity contribution < 1.29 is 9.53 Å². The third-order valence-electron chi connectivity index (χ3n) is 5.50. The summed E-state index contributed by atoms with van der Waals surface area (Å²) < 4.78 is 5.47. The molecule has 5 nitrogen and oxygen atoms in total. The Bertz CT molecular complexity index is 851. The summed E-state index contributed by atoms with van der Waals surface area (Å²) >= 11 is 1.21. The average molecular weight is 398 g/mol. The van der Waals surface area contributed by atoms with E-state index in [0.29, 0.717) is 12.6 Å². The minimum Gasteiger partial charge on any atom is -0.381 e. The van der Waals surface area contributed by atoms with Gasteiger partial charge in [-0.05, 0) is 60.5 Å². The second kappa shape index (κ2) is 8.55. The first kappa shape index (κ1) is 19.3. The molecule has 2 N–H and O–H groups in total. The molecular formula is C22H27N3O2S. The van der Waals surface area contributed by atoms with Crippen molar-refractivity contribution in [3.63, 3.8) is 0 Å². The molecule has 2 aliphatic heterocycles. The highest BCUT2D eigenvalue weighted by Gasteiger charge is 2.30. The standard InChI is InChI=1S/C22H27N3O2S/c1-25-20-12-15(9-10-18(20)21(27-2)28-22(25)26)14-24-17-7-5-6-16(13-17)19-8-3-4-11-23-19/h5-7,9-10,12-13,19,21,23-24H,3-4,8,11,14H2,1-2H3/t19-,21?/m0/s1. The second-order valence-electron chi connectivity index (χ2n) is 7.39. The second-order valence-corrected chi connectivity index (χ2v) is 8.40. The SMILES string of the molecule is COC1SC(=O)N(C)c2cc(CNc3cccc([C@@H]4CCCCN4)c3)ccc21. The normalized spacial score (nSPS) is 22.1. The van der Waals surface area contributed by atoms with Crippen molar-refractivity contribution in [1.82, 2.24) is 5.32 Å². The van der Waals surface area contributed by atoms with E-state index >= 15 is 0 Å². The summed E-state index contributed by atoms with van der Waals surface area (Å²) in [5, 5.41) is 7.15. The Balaban J connectivity index is 1.48. The first-order valence-corrected chi connectivity index (χ1v) is 10.7. The third kappa shape index (κ3) is 4.04. The summed E-state index contributed by atoms with van der Waals surface area (Å²) in [6.07, 6.45) is 3.76. The fourth-order valence-electron chi connectivity index (χ4n) is 3.90. The molecule has 1 saturated heterocycles. The Morgan fingerprint density at radius 1 is 1.25 bits per heavy atom. The van der Waals surface area contributed by atoms with Gasteiger partial charge in [-0.1, -0.05) is 30.7 Å². The topological polar surface area (TPSA) is 53.6 Å². The number of fused-ring (bicyclic) bond motifs is 1. The smallest absolute Gasteiger partial charge is 0.288 e. The van der Waals surface area contributed by atoms with Crippen molar-refractivity contribution in [1.29, 1.82) is 0 Å². The number of thioether (sulfide) groups is 1. The van der Waals surface area contributed by atoms with Crippen molar-refractivity contribution in [2.75, 3.05) is 30.9 Å². The number of nitrogens with one attached hydrogen (secondary N) is 2. The Labute approximate surface area is 170 Å². The predicted molar refractivity (Wildman–Crippen MR) is 116 cm³/mol. The Kier molecular flexibility index (Phi) is 5.90. The minimum absolute atomic E-state index is 0.0112. The van der Waals surface area contributed by atoms with Gasteiger partial charge < -0.3 is 20.3 Å². The molecule has 0 saturated carbocycles. The number of carbonyl (C=O) groups is 1. The minimum atomic E-state index is -0.236. The number of piperidine rings is 1. The highest BCUT2D eigenvalue weighted by atomic mass is 32.2. The quantitative estimate of drug-likeness (QED) is 0.738. The number of hydrogen-bond acceptors (Lipinski definition) is 5. The maximum absolute atomic E-state index is 12.2. The number of ether oxygens (including phenoxy) is 1. The van der Waals surface area contributed by atoms with E-state index < -0.39 is 0 Å². The van der Waals surface area contributed by atoms with Crippen LogP contribution in [-0.2, 0) is 11.3 Å². The number of hydrogen-bond donors (Lipinski definition) is 2. The first-order chi connectivity index (χ1) is 13.7. The van der Waals surface area contributed by atoms with Crippen molar-refractivity contribution in [3.8, 4) is 0 Å². The van der Waals surface area contributed by atoms with Crippen LogP contribution >= 0.6 is 11.8 Å². The largest absolute Gasteiger partial charge is 0.381 e. The molecular weight excluding hydrogens is 370 g/mol. The van der Waals surface area contributed by atoms with Gasteiger partial charge in [0.05, 0.1) is 5.69 Å². The van der Waals surface area contributed by atoms with E-state index in [1.54, 1.807) is 12.0 Å². The highest BCUT2D eigenvalue weighted by Crippen LogP contribution is 2.42. The van der Waals surface area contributed by atoms with Crippen LogP contribution in [0.25, 0.3) is 0 Å². The maximum Gasteiger partial charge on any atom is 0.288 e. The molecule has 0 aliphatic carbocycles. The maximum atomic E-state index is 12.2. The van der Waals surface area contributed by atoms with Crippen LogP contribution in [0.15, 0.2) is 42.5 Å². The van der Waals surface area contributed by atoms with E-state index in [0.717, 1.165) is 29.0 Å². The van der Waals surface area contributed by atoms with Crippen LogP contribution in [0.1, 0.15) is 47.4 Å². The zero-order chi connectivity index (χ0) is 19.5. The van der Waals surface area contributed by atoms with Crippen molar-refractivity contribution in [2.45, 2.75) is 37.3 Å². The van der Waals surface area contributed by atoms with Gasteiger partial charge in [0, 0.05) is 38.0 Å². The van der Waals surface area contributed by atoms with E-state index in [4.69, 9.17) is 4.74 Å². The number of nitrogens with zero attached hydrogens (tertiary/aromatic N) is 1. The van der Waals surface area contributed by atoms with Crippen LogP contribution in [0, 0.1) is 0 Å². The molecule has 0 radical (unpaired) electrons. The van der Waals surface area contributed by atoms with Crippen molar-refractivity contribution in [3.05, 3.63) is 59.2 Å². The van der Waals surface area contributed by atoms with Gasteiger partial charge >= 0.3 is 0 Å². The fourth-order valence-corrected chi connectivity index (χ4v) is 4.76. The monoisotopic (exact) mass is 397 g/mol. The number of amides is 1. The van der Waals surface area contributed by atoms with Crippen LogP contribution in [0.2, 0.25) is 0 Å². The molecule has 0 bridgehead atoms. The number of rotatable bonds is 5. The summed E-state index contributed by atoms with van der Waals surface area (Å²) in [4.78, 5) is 13.9. The molecule has 2 atom stereocenters. The first-order valence-electron chi connectivity index (χ1n) is 9.83. The Morgan fingerprint density at radius 2 is 2.14 bits per heavy atom. The van der Waals surface area contributed by atoms with Crippen LogP contribution in [0.5, 0.6) is 0 Å². The molecule has 1 amide bonds. The van der Waals surface area contributed by atoms with Gasteiger partial charge in [-0.25, -0.2) is 0 Å². The highest BCUT2D eigenvalue weighted by molar-refractivity contribution is 8.14. The van der Waals surface area contributed by atoms with E-state index in [-0.39, 0.29) is 10.7 Å². The lowest BCUT2D eigenvalue weighted by Gasteiger charge is -2.30. The van der Waals surface area contributed by atoms with E-state index in [1.807, 2.05) is 7.05 Å². The van der Waals surface area contributed by atoms with E-state index in [1.165, 1.54) is 36.6 Å². The number of anilines is 2. The number of benzene rings is 2. The molecule has 4 rings (SSSR count).